The highest BCUT2D eigenvalue weighted by atomic mass is 32.2. The molecule has 9 nitrogen and oxygen atoms in total. The number of thioether (sulfide) groups is 1. The second-order valence-electron chi connectivity index (χ2n) is 10.4. The maximum Gasteiger partial charge on any atom is 0.255 e. The molecule has 5 rings (SSSR count). The van der Waals surface area contributed by atoms with Crippen molar-refractivity contribution in [3.8, 4) is 0 Å². The van der Waals surface area contributed by atoms with E-state index in [0.29, 0.717) is 17.8 Å². The summed E-state index contributed by atoms with van der Waals surface area (Å²) >= 11 is 1.52. The van der Waals surface area contributed by atoms with Crippen LogP contribution in [-0.2, 0) is 29.6 Å². The van der Waals surface area contributed by atoms with Gasteiger partial charge >= 0.3 is 0 Å². The zero-order chi connectivity index (χ0) is 27.9. The number of fused-ring (bicyclic) bond motifs is 1. The number of aryl methyl sites for hydroxylation is 2. The zero-order valence-electron chi connectivity index (χ0n) is 22.5. The van der Waals surface area contributed by atoms with Gasteiger partial charge in [0, 0.05) is 19.3 Å². The van der Waals surface area contributed by atoms with Crippen LogP contribution in [0.15, 0.2) is 60.8 Å². The Balaban J connectivity index is 1.34. The molecular formula is C29H33N5O4S. The third-order valence-corrected chi connectivity index (χ3v) is 9.39. The Morgan fingerprint density at radius 3 is 2.51 bits per heavy atom. The highest BCUT2D eigenvalue weighted by Crippen LogP contribution is 2.51. The first kappa shape index (κ1) is 27.0. The number of nitrogens with one attached hydrogen (secondary N) is 1. The lowest BCUT2D eigenvalue weighted by molar-refractivity contribution is -0.168. The Labute approximate surface area is 232 Å². The molecule has 2 aromatic carbocycles. The van der Waals surface area contributed by atoms with Crippen molar-refractivity contribution in [1.29, 1.82) is 0 Å². The summed E-state index contributed by atoms with van der Waals surface area (Å²) in [7, 11) is 1.74. The first-order valence-electron chi connectivity index (χ1n) is 12.9. The van der Waals surface area contributed by atoms with E-state index in [9.17, 15) is 19.5 Å². The van der Waals surface area contributed by atoms with Crippen LogP contribution in [0.5, 0.6) is 0 Å². The van der Waals surface area contributed by atoms with Crippen LogP contribution in [-0.4, -0.2) is 71.3 Å². The first-order chi connectivity index (χ1) is 18.6. The van der Waals surface area contributed by atoms with Gasteiger partial charge in [-0.05, 0) is 43.9 Å². The molecule has 2 fully saturated rings. The van der Waals surface area contributed by atoms with Crippen LogP contribution >= 0.6 is 11.8 Å². The molecule has 10 heteroatoms. The number of β-lactam (4-membered cyclic amide) rings is 1. The predicted octanol–water partition coefficient (Wildman–Crippen LogP) is 2.40. The highest BCUT2D eigenvalue weighted by Gasteiger charge is 2.65. The summed E-state index contributed by atoms with van der Waals surface area (Å²) in [5.74, 6) is -0.843. The second-order valence-corrected chi connectivity index (χ2v) is 11.7. The minimum absolute atomic E-state index is 0.138. The molecule has 4 atom stereocenters. The molecule has 0 bridgehead atoms. The normalized spacial score (nSPS) is 21.8. The van der Waals surface area contributed by atoms with E-state index in [2.05, 4.69) is 10.4 Å². The van der Waals surface area contributed by atoms with Gasteiger partial charge in [0.05, 0.1) is 23.7 Å². The van der Waals surface area contributed by atoms with Gasteiger partial charge in [-0.25, -0.2) is 0 Å². The number of benzene rings is 2. The molecule has 2 N–H and O–H groups in total. The summed E-state index contributed by atoms with van der Waals surface area (Å²) in [5.41, 5.74) is 4.08. The third-order valence-electron chi connectivity index (χ3n) is 7.95. The molecule has 3 heterocycles. The van der Waals surface area contributed by atoms with E-state index in [4.69, 9.17) is 0 Å². The lowest BCUT2D eigenvalue weighted by Crippen LogP contribution is -2.73. The van der Waals surface area contributed by atoms with Gasteiger partial charge in [-0.1, -0.05) is 54.6 Å². The Kier molecular flexibility index (Phi) is 7.26. The Morgan fingerprint density at radius 2 is 1.85 bits per heavy atom. The molecular weight excluding hydrogens is 514 g/mol. The fraction of sp³-hybridized carbons (Fsp3) is 0.379. The van der Waals surface area contributed by atoms with Crippen molar-refractivity contribution in [1.82, 2.24) is 24.9 Å². The van der Waals surface area contributed by atoms with Gasteiger partial charge in [0.2, 0.25) is 5.91 Å². The number of amides is 3. The average molecular weight is 548 g/mol. The molecule has 39 heavy (non-hydrogen) atoms. The summed E-state index contributed by atoms with van der Waals surface area (Å²) < 4.78 is 1.59. The number of aliphatic hydroxyl groups is 1. The smallest absolute Gasteiger partial charge is 0.255 e. The SMILES string of the molecule is Cc1ccccc1CN1C(=O)[C@H]2N(C(=O)[C@@H](O)[C@H](Cc3ccccc3)NC(=O)c3cnn(C)c3C)CSC21C. The van der Waals surface area contributed by atoms with Crippen LogP contribution in [0.1, 0.15) is 39.7 Å². The molecule has 204 valence electrons. The summed E-state index contributed by atoms with van der Waals surface area (Å²) in [6.45, 7) is 6.23. The predicted molar refractivity (Wildman–Crippen MR) is 149 cm³/mol. The van der Waals surface area contributed by atoms with Crippen molar-refractivity contribution in [2.75, 3.05) is 5.88 Å². The minimum Gasteiger partial charge on any atom is -0.381 e. The largest absolute Gasteiger partial charge is 0.381 e. The fourth-order valence-corrected chi connectivity index (χ4v) is 6.71. The van der Waals surface area contributed by atoms with Crippen molar-refractivity contribution >= 4 is 29.5 Å². The summed E-state index contributed by atoms with van der Waals surface area (Å²) in [5, 5.41) is 18.3. The molecule has 2 aliphatic heterocycles. The number of nitrogens with zero attached hydrogens (tertiary/aromatic N) is 4. The highest BCUT2D eigenvalue weighted by molar-refractivity contribution is 8.01. The topological polar surface area (TPSA) is 108 Å². The van der Waals surface area contributed by atoms with Gasteiger partial charge in [-0.15, -0.1) is 11.8 Å². The van der Waals surface area contributed by atoms with Crippen LogP contribution in [0.3, 0.4) is 0 Å². The van der Waals surface area contributed by atoms with Crippen molar-refractivity contribution in [2.45, 2.75) is 56.8 Å². The standard InChI is InChI=1S/C29H33N5O4S/c1-18-10-8-9-13-21(18)16-34-28(38)25-29(34,3)39-17-33(25)27(37)24(35)23(14-20-11-6-5-7-12-20)31-26(36)22-15-30-32(4)19(22)2/h5-13,15,23-25,35H,14,16-17H2,1-4H3,(H,31,36)/t23-,24-,25+,29?/m0/s1. The van der Waals surface area contributed by atoms with Gasteiger partial charge in [0.25, 0.3) is 11.8 Å². The summed E-state index contributed by atoms with van der Waals surface area (Å²) in [4.78, 5) is 42.8. The molecule has 0 radical (unpaired) electrons. The van der Waals surface area contributed by atoms with Crippen LogP contribution < -0.4 is 5.32 Å². The average Bonchev–Trinajstić information content (AvgIpc) is 3.43. The summed E-state index contributed by atoms with van der Waals surface area (Å²) in [6.07, 6.45) is 0.180. The molecule has 0 spiro atoms. The lowest BCUT2D eigenvalue weighted by Gasteiger charge is -2.53. The fourth-order valence-electron chi connectivity index (χ4n) is 5.33. The minimum atomic E-state index is -1.53. The number of hydrogen-bond acceptors (Lipinski definition) is 6. The summed E-state index contributed by atoms with van der Waals surface area (Å²) in [6, 6.07) is 15.8. The number of carbonyl (C=O) groups is 3. The van der Waals surface area contributed by atoms with Crippen molar-refractivity contribution in [3.05, 3.63) is 88.7 Å². The van der Waals surface area contributed by atoms with Crippen LogP contribution in [0.25, 0.3) is 0 Å². The van der Waals surface area contributed by atoms with Gasteiger partial charge in [-0.3, -0.25) is 19.1 Å². The monoisotopic (exact) mass is 547 g/mol. The number of rotatable bonds is 8. The van der Waals surface area contributed by atoms with E-state index < -0.39 is 34.9 Å². The molecule has 2 aliphatic rings. The third kappa shape index (κ3) is 4.83. The molecule has 0 aliphatic carbocycles. The van der Waals surface area contributed by atoms with E-state index in [0.717, 1.165) is 16.7 Å². The number of aromatic nitrogens is 2. The molecule has 1 unspecified atom stereocenters. The maximum atomic E-state index is 13.7. The van der Waals surface area contributed by atoms with E-state index in [1.54, 1.807) is 23.6 Å². The van der Waals surface area contributed by atoms with Crippen LogP contribution in [0.4, 0.5) is 0 Å². The van der Waals surface area contributed by atoms with Crippen molar-refractivity contribution < 1.29 is 19.5 Å². The lowest BCUT2D eigenvalue weighted by atomic mass is 9.91. The molecule has 1 aromatic heterocycles. The van der Waals surface area contributed by atoms with E-state index in [-0.39, 0.29) is 18.2 Å². The quantitative estimate of drug-likeness (QED) is 0.420. The van der Waals surface area contributed by atoms with E-state index in [1.807, 2.05) is 68.4 Å². The van der Waals surface area contributed by atoms with Gasteiger partial charge < -0.3 is 20.2 Å². The van der Waals surface area contributed by atoms with Crippen molar-refractivity contribution in [2.24, 2.45) is 7.05 Å². The van der Waals surface area contributed by atoms with E-state index in [1.165, 1.54) is 22.9 Å². The number of hydrogen-bond donors (Lipinski definition) is 2. The first-order valence-corrected chi connectivity index (χ1v) is 13.9. The Morgan fingerprint density at radius 1 is 1.15 bits per heavy atom. The second kappa shape index (κ2) is 10.5. The molecule has 3 amide bonds. The van der Waals surface area contributed by atoms with Gasteiger partial charge in [0.1, 0.15) is 10.9 Å². The maximum absolute atomic E-state index is 13.7. The van der Waals surface area contributed by atoms with E-state index >= 15 is 0 Å². The van der Waals surface area contributed by atoms with Crippen molar-refractivity contribution in [3.63, 3.8) is 0 Å². The Hall–Kier alpha value is -3.63. The number of likely N-dealkylation sites (tertiary alicyclic amines) is 1. The van der Waals surface area contributed by atoms with Crippen LogP contribution in [0.2, 0.25) is 0 Å². The molecule has 0 saturated carbocycles. The molecule has 3 aromatic rings. The van der Waals surface area contributed by atoms with Crippen LogP contribution in [0, 0.1) is 13.8 Å². The number of carbonyl (C=O) groups excluding carboxylic acids is 3. The number of aliphatic hydroxyl groups excluding tert-OH is 1. The van der Waals surface area contributed by atoms with Gasteiger partial charge in [0.15, 0.2) is 6.10 Å². The molecule has 2 saturated heterocycles. The van der Waals surface area contributed by atoms with Gasteiger partial charge in [-0.2, -0.15) is 5.10 Å². The zero-order valence-corrected chi connectivity index (χ0v) is 23.3. The Bertz CT molecular complexity index is 1410.